The summed E-state index contributed by atoms with van der Waals surface area (Å²) in [7, 11) is 0. The number of hydrogen-bond acceptors (Lipinski definition) is 5. The zero-order valence-electron chi connectivity index (χ0n) is 16.9. The van der Waals surface area contributed by atoms with Crippen molar-refractivity contribution in [3.8, 4) is 6.07 Å². The first kappa shape index (κ1) is 21.9. The zero-order chi connectivity index (χ0) is 20.0. The number of unbranched alkanes of at least 4 members (excludes halogenated alkanes) is 1. The molecule has 28 heavy (non-hydrogen) atoms. The number of nitrogens with zero attached hydrogens (tertiary/aromatic N) is 3. The van der Waals surface area contributed by atoms with Crippen LogP contribution in [0.25, 0.3) is 0 Å². The van der Waals surface area contributed by atoms with Crippen molar-refractivity contribution in [3.63, 3.8) is 0 Å². The van der Waals surface area contributed by atoms with Gasteiger partial charge in [0, 0.05) is 58.7 Å². The Morgan fingerprint density at radius 1 is 1.18 bits per heavy atom. The molecule has 1 aromatic rings. The van der Waals surface area contributed by atoms with Gasteiger partial charge in [-0.1, -0.05) is 43.7 Å². The first-order chi connectivity index (χ1) is 13.7. The molecule has 0 bridgehead atoms. The molecular formula is C22H32N4O2. The molecule has 1 fully saturated rings. The molecule has 2 rings (SSSR count). The number of benzene rings is 1. The highest BCUT2D eigenvalue weighted by atomic mass is 16.5. The molecular weight excluding hydrogens is 352 g/mol. The number of nitrogens with one attached hydrogen (secondary N) is 1. The number of carbonyl (C=O) groups is 1. The standard InChI is InChI=1S/C22H32N4O2/c1-2-3-15-28-16-7-10-24-18-21(17-23)22(27)26-13-11-25(12-14-26)19-20-8-5-4-6-9-20/h4-6,8-9,18,24H,2-3,7,10-16,19H2,1H3/b21-18-. The van der Waals surface area contributed by atoms with Gasteiger partial charge >= 0.3 is 0 Å². The Hall–Kier alpha value is -2.36. The first-order valence-corrected chi connectivity index (χ1v) is 10.2. The Morgan fingerprint density at radius 3 is 2.57 bits per heavy atom. The van der Waals surface area contributed by atoms with E-state index in [0.717, 1.165) is 45.5 Å². The number of piperazine rings is 1. The highest BCUT2D eigenvalue weighted by molar-refractivity contribution is 5.97. The van der Waals surface area contributed by atoms with Gasteiger partial charge < -0.3 is 15.0 Å². The second-order valence-electron chi connectivity index (χ2n) is 7.00. The lowest BCUT2D eigenvalue weighted by molar-refractivity contribution is -0.128. The summed E-state index contributed by atoms with van der Waals surface area (Å²) in [6.45, 7) is 8.15. The summed E-state index contributed by atoms with van der Waals surface area (Å²) in [6, 6.07) is 12.4. The molecule has 1 N–H and O–H groups in total. The van der Waals surface area contributed by atoms with Crippen LogP contribution in [0.4, 0.5) is 0 Å². The predicted molar refractivity (Wildman–Crippen MR) is 110 cm³/mol. The molecule has 1 aliphatic heterocycles. The van der Waals surface area contributed by atoms with E-state index in [1.807, 2.05) is 24.3 Å². The van der Waals surface area contributed by atoms with Crippen LogP contribution in [0.2, 0.25) is 0 Å². The van der Waals surface area contributed by atoms with Crippen LogP contribution in [0.5, 0.6) is 0 Å². The number of amides is 1. The molecule has 6 heteroatoms. The number of rotatable bonds is 11. The van der Waals surface area contributed by atoms with Crippen LogP contribution < -0.4 is 5.32 Å². The fourth-order valence-electron chi connectivity index (χ4n) is 3.06. The van der Waals surface area contributed by atoms with Gasteiger partial charge in [-0.15, -0.1) is 0 Å². The molecule has 1 aliphatic rings. The average Bonchev–Trinajstić information content (AvgIpc) is 2.73. The summed E-state index contributed by atoms with van der Waals surface area (Å²) in [4.78, 5) is 16.7. The van der Waals surface area contributed by atoms with Crippen molar-refractivity contribution >= 4 is 5.91 Å². The third kappa shape index (κ3) is 7.71. The van der Waals surface area contributed by atoms with E-state index in [1.165, 1.54) is 5.56 Å². The SMILES string of the molecule is CCCCOCCCN/C=C(/C#N)C(=O)N1CCN(Cc2ccccc2)CC1. The van der Waals surface area contributed by atoms with E-state index in [4.69, 9.17) is 4.74 Å². The van der Waals surface area contributed by atoms with Gasteiger partial charge in [-0.25, -0.2) is 0 Å². The molecule has 0 atom stereocenters. The molecule has 0 unspecified atom stereocenters. The average molecular weight is 385 g/mol. The Bertz CT molecular complexity index is 646. The van der Waals surface area contributed by atoms with Gasteiger partial charge in [-0.2, -0.15) is 5.26 Å². The summed E-state index contributed by atoms with van der Waals surface area (Å²) in [5.74, 6) is -0.187. The number of nitriles is 1. The third-order valence-electron chi connectivity index (χ3n) is 4.76. The molecule has 0 saturated carbocycles. The number of ether oxygens (including phenoxy) is 1. The van der Waals surface area contributed by atoms with Gasteiger partial charge in [0.2, 0.25) is 0 Å². The quantitative estimate of drug-likeness (QED) is 0.361. The van der Waals surface area contributed by atoms with Crippen LogP contribution in [-0.4, -0.2) is 61.6 Å². The zero-order valence-corrected chi connectivity index (χ0v) is 16.9. The van der Waals surface area contributed by atoms with E-state index >= 15 is 0 Å². The van der Waals surface area contributed by atoms with E-state index in [1.54, 1.807) is 11.1 Å². The van der Waals surface area contributed by atoms with Crippen LogP contribution in [0.1, 0.15) is 31.7 Å². The molecule has 0 spiro atoms. The van der Waals surface area contributed by atoms with E-state index < -0.39 is 0 Å². The number of hydrogen-bond donors (Lipinski definition) is 1. The van der Waals surface area contributed by atoms with E-state index in [9.17, 15) is 10.1 Å². The predicted octanol–water partition coefficient (Wildman–Crippen LogP) is 2.53. The van der Waals surface area contributed by atoms with Crippen molar-refractivity contribution < 1.29 is 9.53 Å². The molecule has 1 amide bonds. The smallest absolute Gasteiger partial charge is 0.266 e. The lowest BCUT2D eigenvalue weighted by Crippen LogP contribution is -2.48. The van der Waals surface area contributed by atoms with Crippen LogP contribution in [0, 0.1) is 11.3 Å². The van der Waals surface area contributed by atoms with Gasteiger partial charge in [0.1, 0.15) is 11.6 Å². The molecule has 1 saturated heterocycles. The first-order valence-electron chi connectivity index (χ1n) is 10.2. The van der Waals surface area contributed by atoms with Crippen molar-refractivity contribution in [2.24, 2.45) is 0 Å². The maximum absolute atomic E-state index is 12.6. The third-order valence-corrected chi connectivity index (χ3v) is 4.76. The Kier molecular flexibility index (Phi) is 10.1. The van der Waals surface area contributed by atoms with Crippen LogP contribution in [-0.2, 0) is 16.1 Å². The summed E-state index contributed by atoms with van der Waals surface area (Å²) in [5, 5.41) is 12.4. The van der Waals surface area contributed by atoms with Crippen LogP contribution >= 0.6 is 0 Å². The fraction of sp³-hybridized carbons (Fsp3) is 0.545. The lowest BCUT2D eigenvalue weighted by Gasteiger charge is -2.34. The Labute approximate surface area is 168 Å². The minimum absolute atomic E-state index is 0.170. The van der Waals surface area contributed by atoms with Crippen molar-refractivity contribution in [3.05, 3.63) is 47.7 Å². The van der Waals surface area contributed by atoms with Crippen molar-refractivity contribution in [1.29, 1.82) is 5.26 Å². The summed E-state index contributed by atoms with van der Waals surface area (Å²) < 4.78 is 5.50. The second-order valence-corrected chi connectivity index (χ2v) is 7.00. The van der Waals surface area contributed by atoms with Gasteiger partial charge in [0.25, 0.3) is 5.91 Å². The fourth-order valence-corrected chi connectivity index (χ4v) is 3.06. The minimum atomic E-state index is -0.187. The molecule has 0 aliphatic carbocycles. The Balaban J connectivity index is 1.69. The summed E-state index contributed by atoms with van der Waals surface area (Å²) >= 11 is 0. The van der Waals surface area contributed by atoms with E-state index in [0.29, 0.717) is 26.2 Å². The highest BCUT2D eigenvalue weighted by Gasteiger charge is 2.23. The maximum Gasteiger partial charge on any atom is 0.266 e. The molecule has 1 heterocycles. The van der Waals surface area contributed by atoms with Crippen LogP contribution in [0.15, 0.2) is 42.1 Å². The van der Waals surface area contributed by atoms with Gasteiger partial charge in [0.05, 0.1) is 0 Å². The minimum Gasteiger partial charge on any atom is -0.390 e. The normalized spacial score (nSPS) is 15.3. The van der Waals surface area contributed by atoms with Gasteiger partial charge in [-0.3, -0.25) is 9.69 Å². The maximum atomic E-state index is 12.6. The van der Waals surface area contributed by atoms with Crippen molar-refractivity contribution in [2.75, 3.05) is 45.9 Å². The Morgan fingerprint density at radius 2 is 1.89 bits per heavy atom. The molecule has 1 aromatic carbocycles. The van der Waals surface area contributed by atoms with Crippen LogP contribution in [0.3, 0.4) is 0 Å². The van der Waals surface area contributed by atoms with Gasteiger partial charge in [-0.05, 0) is 18.4 Å². The van der Waals surface area contributed by atoms with Gasteiger partial charge in [0.15, 0.2) is 0 Å². The van der Waals surface area contributed by atoms with Crippen molar-refractivity contribution in [2.45, 2.75) is 32.7 Å². The topological polar surface area (TPSA) is 68.6 Å². The van der Waals surface area contributed by atoms with Crippen molar-refractivity contribution in [1.82, 2.24) is 15.1 Å². The van der Waals surface area contributed by atoms with E-state index in [2.05, 4.69) is 29.3 Å². The highest BCUT2D eigenvalue weighted by Crippen LogP contribution is 2.10. The second kappa shape index (κ2) is 12.9. The molecule has 6 nitrogen and oxygen atoms in total. The van der Waals surface area contributed by atoms with E-state index in [-0.39, 0.29) is 11.5 Å². The molecule has 0 radical (unpaired) electrons. The molecule has 152 valence electrons. The molecule has 0 aromatic heterocycles. The summed E-state index contributed by atoms with van der Waals surface area (Å²) in [5.41, 5.74) is 1.45. The lowest BCUT2D eigenvalue weighted by atomic mass is 10.2. The summed E-state index contributed by atoms with van der Waals surface area (Å²) in [6.07, 6.45) is 4.62. The monoisotopic (exact) mass is 384 g/mol. The largest absolute Gasteiger partial charge is 0.390 e. The number of carbonyl (C=O) groups excluding carboxylic acids is 1.